The van der Waals surface area contributed by atoms with Crippen molar-refractivity contribution in [1.82, 2.24) is 10.2 Å². The Labute approximate surface area is 124 Å². The van der Waals surface area contributed by atoms with Crippen LogP contribution >= 0.6 is 0 Å². The molecule has 4 nitrogen and oxygen atoms in total. The first-order valence-electron chi connectivity index (χ1n) is 7.39. The molecule has 0 saturated carbocycles. The summed E-state index contributed by atoms with van der Waals surface area (Å²) in [5.41, 5.74) is 0.987. The van der Waals surface area contributed by atoms with E-state index in [1.54, 1.807) is 12.1 Å². The average molecular weight is 292 g/mol. The molecule has 1 aliphatic heterocycles. The molecule has 0 bridgehead atoms. The minimum absolute atomic E-state index is 0.0640. The van der Waals surface area contributed by atoms with E-state index >= 15 is 0 Å². The van der Waals surface area contributed by atoms with E-state index in [2.05, 4.69) is 5.32 Å². The molecule has 1 amide bonds. The fourth-order valence-electron chi connectivity index (χ4n) is 2.60. The minimum Gasteiger partial charge on any atom is -0.355 e. The first-order chi connectivity index (χ1) is 10.2. The van der Waals surface area contributed by atoms with Crippen LogP contribution in [-0.4, -0.2) is 42.8 Å². The maximum Gasteiger partial charge on any atom is 0.234 e. The maximum absolute atomic E-state index is 12.8. The number of nitrogens with zero attached hydrogens (tertiary/aromatic N) is 1. The monoisotopic (exact) mass is 292 g/mol. The van der Waals surface area contributed by atoms with Crippen LogP contribution < -0.4 is 5.32 Å². The third-order valence-corrected chi connectivity index (χ3v) is 3.82. The molecule has 1 aromatic rings. The number of hydrogen-bond acceptors (Lipinski definition) is 3. The maximum atomic E-state index is 12.8. The van der Waals surface area contributed by atoms with Crippen molar-refractivity contribution in [2.24, 2.45) is 0 Å². The second kappa shape index (κ2) is 7.88. The standard InChI is InChI=1S/C16H21FN2O2/c17-14-6-4-13(5-7-14)8-9-18-16(21)11-19-10-2-1-3-15(19)12-20/h4-7,12,15H,1-3,8-11H2,(H,18,21). The van der Waals surface area contributed by atoms with Crippen LogP contribution in [0.4, 0.5) is 4.39 Å². The summed E-state index contributed by atoms with van der Waals surface area (Å²) < 4.78 is 12.8. The largest absolute Gasteiger partial charge is 0.355 e. The molecule has 1 unspecified atom stereocenters. The van der Waals surface area contributed by atoms with Crippen LogP contribution in [0, 0.1) is 5.82 Å². The van der Waals surface area contributed by atoms with Crippen LogP contribution in [0.5, 0.6) is 0 Å². The van der Waals surface area contributed by atoms with E-state index in [0.29, 0.717) is 13.0 Å². The van der Waals surface area contributed by atoms with Crippen molar-refractivity contribution in [1.29, 1.82) is 0 Å². The van der Waals surface area contributed by atoms with Gasteiger partial charge in [-0.25, -0.2) is 4.39 Å². The molecular formula is C16H21FN2O2. The molecule has 1 fully saturated rings. The Bertz CT molecular complexity index is 476. The number of amides is 1. The Morgan fingerprint density at radius 3 is 2.81 bits per heavy atom. The second-order valence-corrected chi connectivity index (χ2v) is 5.40. The van der Waals surface area contributed by atoms with Crippen molar-refractivity contribution in [2.45, 2.75) is 31.7 Å². The first kappa shape index (κ1) is 15.6. The molecule has 5 heteroatoms. The molecule has 0 spiro atoms. The van der Waals surface area contributed by atoms with Crippen molar-refractivity contribution >= 4 is 12.2 Å². The smallest absolute Gasteiger partial charge is 0.234 e. The fourth-order valence-corrected chi connectivity index (χ4v) is 2.60. The Hall–Kier alpha value is -1.75. The van der Waals surface area contributed by atoms with Gasteiger partial charge in [0.2, 0.25) is 5.91 Å². The Morgan fingerprint density at radius 2 is 2.10 bits per heavy atom. The van der Waals surface area contributed by atoms with Gasteiger partial charge in [-0.3, -0.25) is 9.69 Å². The van der Waals surface area contributed by atoms with Crippen LogP contribution in [0.25, 0.3) is 0 Å². The third-order valence-electron chi connectivity index (χ3n) is 3.82. The molecule has 21 heavy (non-hydrogen) atoms. The number of halogens is 1. The molecule has 114 valence electrons. The fraction of sp³-hybridized carbons (Fsp3) is 0.500. The van der Waals surface area contributed by atoms with Crippen molar-refractivity contribution in [3.05, 3.63) is 35.6 Å². The molecule has 1 aromatic carbocycles. The van der Waals surface area contributed by atoms with Gasteiger partial charge >= 0.3 is 0 Å². The minimum atomic E-state index is -0.257. The zero-order chi connectivity index (χ0) is 15.1. The van der Waals surface area contributed by atoms with Crippen LogP contribution in [0.1, 0.15) is 24.8 Å². The number of carbonyl (C=O) groups is 2. The number of benzene rings is 1. The summed E-state index contributed by atoms with van der Waals surface area (Å²) in [5, 5.41) is 2.85. The van der Waals surface area contributed by atoms with Gasteiger partial charge in [-0.05, 0) is 43.5 Å². The van der Waals surface area contributed by atoms with Gasteiger partial charge in [-0.1, -0.05) is 18.6 Å². The van der Waals surface area contributed by atoms with E-state index in [9.17, 15) is 14.0 Å². The quantitative estimate of drug-likeness (QED) is 0.809. The van der Waals surface area contributed by atoms with Crippen molar-refractivity contribution in [2.75, 3.05) is 19.6 Å². The van der Waals surface area contributed by atoms with Gasteiger partial charge in [0.05, 0.1) is 12.6 Å². The summed E-state index contributed by atoms with van der Waals surface area (Å²) in [4.78, 5) is 24.8. The summed E-state index contributed by atoms with van der Waals surface area (Å²) in [6.07, 6.45) is 4.53. The highest BCUT2D eigenvalue weighted by atomic mass is 19.1. The number of piperidine rings is 1. The number of rotatable bonds is 6. The topological polar surface area (TPSA) is 49.4 Å². The molecule has 1 atom stereocenters. The molecule has 1 saturated heterocycles. The predicted molar refractivity (Wildman–Crippen MR) is 78.4 cm³/mol. The molecule has 0 aliphatic carbocycles. The van der Waals surface area contributed by atoms with E-state index in [1.165, 1.54) is 12.1 Å². The van der Waals surface area contributed by atoms with E-state index in [4.69, 9.17) is 0 Å². The predicted octanol–water partition coefficient (Wildman–Crippen LogP) is 1.54. The lowest BCUT2D eigenvalue weighted by atomic mass is 10.0. The van der Waals surface area contributed by atoms with Gasteiger partial charge in [0.25, 0.3) is 0 Å². The number of nitrogens with one attached hydrogen (secondary N) is 1. The van der Waals surface area contributed by atoms with E-state index in [0.717, 1.165) is 37.7 Å². The molecule has 1 heterocycles. The number of likely N-dealkylation sites (tertiary alicyclic amines) is 1. The lowest BCUT2D eigenvalue weighted by molar-refractivity contribution is -0.124. The van der Waals surface area contributed by atoms with Crippen LogP contribution in [0.3, 0.4) is 0 Å². The normalized spacial score (nSPS) is 19.2. The Kier molecular flexibility index (Phi) is 5.87. The lowest BCUT2D eigenvalue weighted by Gasteiger charge is -2.31. The van der Waals surface area contributed by atoms with Crippen molar-refractivity contribution in [3.63, 3.8) is 0 Å². The number of carbonyl (C=O) groups excluding carboxylic acids is 2. The molecule has 1 N–H and O–H groups in total. The van der Waals surface area contributed by atoms with E-state index in [1.807, 2.05) is 4.90 Å². The first-order valence-corrected chi connectivity index (χ1v) is 7.39. The van der Waals surface area contributed by atoms with E-state index < -0.39 is 0 Å². The summed E-state index contributed by atoms with van der Waals surface area (Å²) >= 11 is 0. The summed E-state index contributed by atoms with van der Waals surface area (Å²) in [6, 6.07) is 6.14. The highest BCUT2D eigenvalue weighted by molar-refractivity contribution is 5.78. The molecule has 2 rings (SSSR count). The number of aldehydes is 1. The number of hydrogen-bond donors (Lipinski definition) is 1. The summed E-state index contributed by atoms with van der Waals surface area (Å²) in [7, 11) is 0. The van der Waals surface area contributed by atoms with Gasteiger partial charge in [0.1, 0.15) is 12.1 Å². The Morgan fingerprint density at radius 1 is 1.33 bits per heavy atom. The van der Waals surface area contributed by atoms with E-state index in [-0.39, 0.29) is 24.3 Å². The van der Waals surface area contributed by atoms with Crippen LogP contribution in [0.15, 0.2) is 24.3 Å². The molecule has 0 aromatic heterocycles. The molecule has 0 radical (unpaired) electrons. The SMILES string of the molecule is O=CC1CCCCN1CC(=O)NCCc1ccc(F)cc1. The third kappa shape index (κ3) is 4.93. The highest BCUT2D eigenvalue weighted by Crippen LogP contribution is 2.14. The van der Waals surface area contributed by atoms with Crippen LogP contribution in [-0.2, 0) is 16.0 Å². The molecular weight excluding hydrogens is 271 g/mol. The zero-order valence-corrected chi connectivity index (χ0v) is 12.1. The average Bonchev–Trinajstić information content (AvgIpc) is 2.50. The summed E-state index contributed by atoms with van der Waals surface area (Å²) in [6.45, 7) is 1.59. The van der Waals surface area contributed by atoms with Gasteiger partial charge in [-0.15, -0.1) is 0 Å². The highest BCUT2D eigenvalue weighted by Gasteiger charge is 2.23. The second-order valence-electron chi connectivity index (χ2n) is 5.40. The van der Waals surface area contributed by atoms with Gasteiger partial charge < -0.3 is 10.1 Å². The van der Waals surface area contributed by atoms with Crippen molar-refractivity contribution in [3.8, 4) is 0 Å². The van der Waals surface area contributed by atoms with Gasteiger partial charge in [0.15, 0.2) is 0 Å². The van der Waals surface area contributed by atoms with Gasteiger partial charge in [0, 0.05) is 6.54 Å². The Balaban J connectivity index is 1.71. The van der Waals surface area contributed by atoms with Crippen molar-refractivity contribution < 1.29 is 14.0 Å². The van der Waals surface area contributed by atoms with Crippen LogP contribution in [0.2, 0.25) is 0 Å². The zero-order valence-electron chi connectivity index (χ0n) is 12.1. The molecule has 1 aliphatic rings. The lowest BCUT2D eigenvalue weighted by Crippen LogP contribution is -2.46. The summed E-state index contributed by atoms with van der Waals surface area (Å²) in [5.74, 6) is -0.321. The van der Waals surface area contributed by atoms with Gasteiger partial charge in [-0.2, -0.15) is 0 Å².